The van der Waals surface area contributed by atoms with Crippen LogP contribution in [0, 0.1) is 5.92 Å². The maximum Gasteiger partial charge on any atom is 0.255 e. The number of carbonyl (C=O) groups excluding carboxylic acids is 1. The van der Waals surface area contributed by atoms with E-state index in [0.717, 1.165) is 19.4 Å². The molecule has 0 saturated heterocycles. The van der Waals surface area contributed by atoms with Crippen LogP contribution >= 0.6 is 11.6 Å². The second-order valence-corrected chi connectivity index (χ2v) is 5.72. The van der Waals surface area contributed by atoms with Crippen LogP contribution in [-0.2, 0) is 0 Å². The molecule has 2 N–H and O–H groups in total. The minimum Gasteiger partial charge on any atom is -0.398 e. The molecule has 1 amide bonds. The van der Waals surface area contributed by atoms with Gasteiger partial charge in [0.15, 0.2) is 0 Å². The van der Waals surface area contributed by atoms with E-state index < -0.39 is 0 Å². The Morgan fingerprint density at radius 2 is 2.06 bits per heavy atom. The molecule has 2 fully saturated rings. The quantitative estimate of drug-likeness (QED) is 0.850. The van der Waals surface area contributed by atoms with Crippen LogP contribution in [0.3, 0.4) is 0 Å². The molecule has 2 aliphatic rings. The first-order chi connectivity index (χ1) is 8.66. The lowest BCUT2D eigenvalue weighted by atomic mass is 10.1. The molecule has 0 unspecified atom stereocenters. The van der Waals surface area contributed by atoms with Crippen LogP contribution in [0.15, 0.2) is 18.2 Å². The van der Waals surface area contributed by atoms with Gasteiger partial charge in [-0.25, -0.2) is 0 Å². The molecular weight excluding hydrogens is 248 g/mol. The fourth-order valence-electron chi connectivity index (χ4n) is 2.23. The van der Waals surface area contributed by atoms with Gasteiger partial charge in [-0.05, 0) is 43.7 Å². The highest BCUT2D eigenvalue weighted by atomic mass is 35.5. The lowest BCUT2D eigenvalue weighted by Gasteiger charge is -2.23. The van der Waals surface area contributed by atoms with E-state index in [0.29, 0.717) is 28.2 Å². The number of halogens is 1. The van der Waals surface area contributed by atoms with Gasteiger partial charge in [-0.2, -0.15) is 0 Å². The van der Waals surface area contributed by atoms with Gasteiger partial charge in [-0.3, -0.25) is 4.79 Å². The van der Waals surface area contributed by atoms with Crippen LogP contribution in [0.25, 0.3) is 0 Å². The van der Waals surface area contributed by atoms with Gasteiger partial charge < -0.3 is 10.6 Å². The molecular formula is C14H17ClN2O. The molecule has 3 nitrogen and oxygen atoms in total. The van der Waals surface area contributed by atoms with Crippen molar-refractivity contribution in [1.29, 1.82) is 0 Å². The molecule has 4 heteroatoms. The van der Waals surface area contributed by atoms with Crippen molar-refractivity contribution in [2.75, 3.05) is 12.3 Å². The highest BCUT2D eigenvalue weighted by Crippen LogP contribution is 2.36. The molecule has 0 heterocycles. The van der Waals surface area contributed by atoms with E-state index in [1.807, 2.05) is 4.90 Å². The molecule has 0 bridgehead atoms. The number of rotatable bonds is 4. The van der Waals surface area contributed by atoms with Gasteiger partial charge in [0.2, 0.25) is 0 Å². The highest BCUT2D eigenvalue weighted by molar-refractivity contribution is 6.36. The van der Waals surface area contributed by atoms with Gasteiger partial charge >= 0.3 is 0 Å². The zero-order valence-electron chi connectivity index (χ0n) is 10.2. The van der Waals surface area contributed by atoms with Crippen LogP contribution in [-0.4, -0.2) is 23.4 Å². The summed E-state index contributed by atoms with van der Waals surface area (Å²) >= 11 is 6.14. The average Bonchev–Trinajstić information content (AvgIpc) is 3.22. The normalized spacial score (nSPS) is 18.7. The molecule has 0 radical (unpaired) electrons. The van der Waals surface area contributed by atoms with Crippen molar-refractivity contribution < 1.29 is 4.79 Å². The van der Waals surface area contributed by atoms with Crippen molar-refractivity contribution >= 4 is 23.2 Å². The number of amides is 1. The first-order valence-electron chi connectivity index (χ1n) is 6.52. The van der Waals surface area contributed by atoms with Gasteiger partial charge in [0.1, 0.15) is 0 Å². The number of nitrogens with two attached hydrogens (primary N) is 1. The molecule has 2 aliphatic carbocycles. The lowest BCUT2D eigenvalue weighted by Crippen LogP contribution is -2.35. The lowest BCUT2D eigenvalue weighted by molar-refractivity contribution is 0.0735. The predicted molar refractivity (Wildman–Crippen MR) is 72.6 cm³/mol. The molecule has 96 valence electrons. The van der Waals surface area contributed by atoms with Crippen LogP contribution in [0.4, 0.5) is 5.69 Å². The SMILES string of the molecule is Nc1cccc(C(=O)N(CC2CC2)C2CC2)c1Cl. The molecule has 0 aromatic heterocycles. The summed E-state index contributed by atoms with van der Waals surface area (Å²) in [5, 5.41) is 0.393. The Balaban J connectivity index is 1.84. The Labute approximate surface area is 112 Å². The Hall–Kier alpha value is -1.22. The summed E-state index contributed by atoms with van der Waals surface area (Å²) in [5.41, 5.74) is 6.78. The Kier molecular flexibility index (Phi) is 2.94. The van der Waals surface area contributed by atoms with Crippen molar-refractivity contribution in [1.82, 2.24) is 4.90 Å². The average molecular weight is 265 g/mol. The van der Waals surface area contributed by atoms with Crippen LogP contribution in [0.5, 0.6) is 0 Å². The van der Waals surface area contributed by atoms with Crippen molar-refractivity contribution in [3.8, 4) is 0 Å². The summed E-state index contributed by atoms with van der Waals surface area (Å²) in [6.45, 7) is 0.884. The monoisotopic (exact) mass is 264 g/mol. The number of nitrogen functional groups attached to an aromatic ring is 1. The maximum atomic E-state index is 12.5. The van der Waals surface area contributed by atoms with Gasteiger partial charge in [0.05, 0.1) is 16.3 Å². The van der Waals surface area contributed by atoms with E-state index >= 15 is 0 Å². The summed E-state index contributed by atoms with van der Waals surface area (Å²) < 4.78 is 0. The van der Waals surface area contributed by atoms with Crippen LogP contribution in [0.1, 0.15) is 36.0 Å². The van der Waals surface area contributed by atoms with E-state index in [1.165, 1.54) is 12.8 Å². The van der Waals surface area contributed by atoms with Crippen molar-refractivity contribution in [2.45, 2.75) is 31.7 Å². The topological polar surface area (TPSA) is 46.3 Å². The first-order valence-corrected chi connectivity index (χ1v) is 6.89. The zero-order valence-corrected chi connectivity index (χ0v) is 11.0. The largest absolute Gasteiger partial charge is 0.398 e. The van der Waals surface area contributed by atoms with Crippen molar-refractivity contribution in [2.24, 2.45) is 5.92 Å². The number of benzene rings is 1. The smallest absolute Gasteiger partial charge is 0.255 e. The van der Waals surface area contributed by atoms with E-state index in [9.17, 15) is 4.79 Å². The highest BCUT2D eigenvalue weighted by Gasteiger charge is 2.37. The molecule has 1 aromatic carbocycles. The minimum atomic E-state index is 0.0432. The fraction of sp³-hybridized carbons (Fsp3) is 0.500. The fourth-order valence-corrected chi connectivity index (χ4v) is 2.44. The van der Waals surface area contributed by atoms with E-state index in [2.05, 4.69) is 0 Å². The molecule has 0 spiro atoms. The van der Waals surface area contributed by atoms with Gasteiger partial charge in [0, 0.05) is 12.6 Å². The van der Waals surface area contributed by atoms with E-state index in [-0.39, 0.29) is 5.91 Å². The number of carbonyl (C=O) groups is 1. The second-order valence-electron chi connectivity index (χ2n) is 5.34. The molecule has 0 atom stereocenters. The number of hydrogen-bond donors (Lipinski definition) is 1. The maximum absolute atomic E-state index is 12.5. The third-order valence-electron chi connectivity index (χ3n) is 3.66. The van der Waals surface area contributed by atoms with Crippen LogP contribution in [0.2, 0.25) is 5.02 Å². The standard InChI is InChI=1S/C14H17ClN2O/c15-13-11(2-1-3-12(13)16)14(18)17(10-6-7-10)8-9-4-5-9/h1-3,9-10H,4-8,16H2. The number of anilines is 1. The van der Waals surface area contributed by atoms with Crippen LogP contribution < -0.4 is 5.73 Å². The summed E-state index contributed by atoms with van der Waals surface area (Å²) in [5.74, 6) is 0.746. The van der Waals surface area contributed by atoms with Gasteiger partial charge in [-0.1, -0.05) is 17.7 Å². The molecule has 0 aliphatic heterocycles. The second kappa shape index (κ2) is 4.47. The summed E-state index contributed by atoms with van der Waals surface area (Å²) in [4.78, 5) is 14.5. The van der Waals surface area contributed by atoms with Crippen molar-refractivity contribution in [3.63, 3.8) is 0 Å². The summed E-state index contributed by atoms with van der Waals surface area (Å²) in [7, 11) is 0. The number of nitrogens with zero attached hydrogens (tertiary/aromatic N) is 1. The first kappa shape index (κ1) is 11.8. The van der Waals surface area contributed by atoms with Gasteiger partial charge in [-0.15, -0.1) is 0 Å². The predicted octanol–water partition coefficient (Wildman–Crippen LogP) is 2.94. The Morgan fingerprint density at radius 1 is 1.33 bits per heavy atom. The van der Waals surface area contributed by atoms with E-state index in [4.69, 9.17) is 17.3 Å². The Bertz CT molecular complexity index is 481. The zero-order chi connectivity index (χ0) is 12.7. The molecule has 2 saturated carbocycles. The third-order valence-corrected chi connectivity index (χ3v) is 4.08. The van der Waals surface area contributed by atoms with E-state index in [1.54, 1.807) is 18.2 Å². The molecule has 18 heavy (non-hydrogen) atoms. The molecule has 1 aromatic rings. The Morgan fingerprint density at radius 3 is 2.67 bits per heavy atom. The van der Waals surface area contributed by atoms with Gasteiger partial charge in [0.25, 0.3) is 5.91 Å². The summed E-state index contributed by atoms with van der Waals surface area (Å²) in [6, 6.07) is 5.71. The molecule has 3 rings (SSSR count). The van der Waals surface area contributed by atoms with Crippen molar-refractivity contribution in [3.05, 3.63) is 28.8 Å². The number of hydrogen-bond acceptors (Lipinski definition) is 2. The summed E-state index contributed by atoms with van der Waals surface area (Å²) in [6.07, 6.45) is 4.75. The third kappa shape index (κ3) is 2.32. The minimum absolute atomic E-state index is 0.0432.